The van der Waals surface area contributed by atoms with Gasteiger partial charge in [-0.2, -0.15) is 5.10 Å². The highest BCUT2D eigenvalue weighted by Gasteiger charge is 2.39. The third-order valence-electron chi connectivity index (χ3n) is 3.76. The van der Waals surface area contributed by atoms with Gasteiger partial charge in [0.15, 0.2) is 5.60 Å². The fourth-order valence-electron chi connectivity index (χ4n) is 2.33. The number of carbonyl (C=O) groups is 2. The lowest BCUT2D eigenvalue weighted by Crippen LogP contribution is -2.58. The number of H-pyrrole nitrogens is 1. The molecule has 0 aromatic carbocycles. The number of hydrogen-bond donors (Lipinski definition) is 2. The molecule has 0 spiro atoms. The van der Waals surface area contributed by atoms with Crippen molar-refractivity contribution >= 4 is 11.8 Å². The maximum Gasteiger partial charge on any atom is 0.251 e. The Labute approximate surface area is 117 Å². The van der Waals surface area contributed by atoms with Crippen molar-refractivity contribution in [1.29, 1.82) is 0 Å². The molecule has 1 aliphatic heterocycles. The topological polar surface area (TPSA) is 101 Å². The number of primary amides is 1. The van der Waals surface area contributed by atoms with Gasteiger partial charge in [0.2, 0.25) is 5.91 Å². The van der Waals surface area contributed by atoms with Crippen LogP contribution in [0.4, 0.5) is 0 Å². The van der Waals surface area contributed by atoms with E-state index in [-0.39, 0.29) is 18.9 Å². The summed E-state index contributed by atoms with van der Waals surface area (Å²) >= 11 is 0. The van der Waals surface area contributed by atoms with Crippen molar-refractivity contribution in [2.24, 2.45) is 5.73 Å². The van der Waals surface area contributed by atoms with Crippen molar-refractivity contribution in [3.8, 4) is 0 Å². The number of ether oxygens (including phenoxy) is 1. The molecule has 2 rings (SSSR count). The summed E-state index contributed by atoms with van der Waals surface area (Å²) in [5, 5.41) is 6.94. The Balaban J connectivity index is 2.08. The lowest BCUT2D eigenvalue weighted by atomic mass is 10.0. The van der Waals surface area contributed by atoms with E-state index in [1.807, 2.05) is 13.8 Å². The molecule has 0 radical (unpaired) electrons. The quantitative estimate of drug-likeness (QED) is 0.791. The molecule has 7 heteroatoms. The van der Waals surface area contributed by atoms with E-state index in [9.17, 15) is 9.59 Å². The zero-order chi connectivity index (χ0) is 14.9. The van der Waals surface area contributed by atoms with Crippen LogP contribution in [0.3, 0.4) is 0 Å². The minimum atomic E-state index is -1.10. The number of morpholine rings is 1. The van der Waals surface area contributed by atoms with Crippen LogP contribution in [0.5, 0.6) is 0 Å². The Morgan fingerprint density at radius 3 is 2.75 bits per heavy atom. The van der Waals surface area contributed by atoms with Crippen LogP contribution in [0, 0.1) is 13.8 Å². The van der Waals surface area contributed by atoms with Gasteiger partial charge in [0.1, 0.15) is 0 Å². The van der Waals surface area contributed by atoms with Crippen LogP contribution in [-0.4, -0.2) is 52.2 Å². The number of hydrogen-bond acceptors (Lipinski definition) is 4. The Morgan fingerprint density at radius 1 is 1.50 bits per heavy atom. The van der Waals surface area contributed by atoms with E-state index in [4.69, 9.17) is 10.5 Å². The number of aromatic nitrogens is 2. The summed E-state index contributed by atoms with van der Waals surface area (Å²) in [6.07, 6.45) is 0.267. The highest BCUT2D eigenvalue weighted by Crippen LogP contribution is 2.19. The molecule has 1 aromatic rings. The molecule has 2 heterocycles. The van der Waals surface area contributed by atoms with Crippen molar-refractivity contribution in [2.45, 2.75) is 32.8 Å². The van der Waals surface area contributed by atoms with Gasteiger partial charge >= 0.3 is 0 Å². The summed E-state index contributed by atoms with van der Waals surface area (Å²) < 4.78 is 5.40. The Morgan fingerprint density at radius 2 is 2.20 bits per heavy atom. The SMILES string of the molecule is Cc1n[nH]c(C)c1CC(=O)N1CCOC(C)(C(N)=O)C1. The van der Waals surface area contributed by atoms with Crippen LogP contribution < -0.4 is 5.73 Å². The van der Waals surface area contributed by atoms with Crippen LogP contribution in [0.15, 0.2) is 0 Å². The standard InChI is InChI=1S/C13H20N4O3/c1-8-10(9(2)16-15-8)6-11(18)17-4-5-20-13(3,7-17)12(14)19/h4-7H2,1-3H3,(H2,14,19)(H,15,16). The van der Waals surface area contributed by atoms with Gasteiger partial charge in [-0.3, -0.25) is 14.7 Å². The van der Waals surface area contributed by atoms with Crippen LogP contribution in [0.2, 0.25) is 0 Å². The van der Waals surface area contributed by atoms with Gasteiger partial charge in [-0.05, 0) is 20.8 Å². The Hall–Kier alpha value is -1.89. The van der Waals surface area contributed by atoms with Crippen LogP contribution >= 0.6 is 0 Å². The number of amides is 2. The number of aromatic amines is 1. The Kier molecular flexibility index (Phi) is 3.80. The summed E-state index contributed by atoms with van der Waals surface area (Å²) in [7, 11) is 0. The van der Waals surface area contributed by atoms with Crippen molar-refractivity contribution in [3.63, 3.8) is 0 Å². The van der Waals surface area contributed by atoms with Gasteiger partial charge in [0.05, 0.1) is 25.3 Å². The van der Waals surface area contributed by atoms with E-state index in [2.05, 4.69) is 10.2 Å². The zero-order valence-corrected chi connectivity index (χ0v) is 12.0. The second-order valence-electron chi connectivity index (χ2n) is 5.35. The number of nitrogens with two attached hydrogens (primary N) is 1. The third-order valence-corrected chi connectivity index (χ3v) is 3.76. The van der Waals surface area contributed by atoms with E-state index in [1.165, 1.54) is 0 Å². The van der Waals surface area contributed by atoms with Gasteiger partial charge in [-0.1, -0.05) is 0 Å². The maximum atomic E-state index is 12.4. The molecule has 1 aromatic heterocycles. The summed E-state index contributed by atoms with van der Waals surface area (Å²) in [6, 6.07) is 0. The lowest BCUT2D eigenvalue weighted by molar-refractivity contribution is -0.160. The average molecular weight is 280 g/mol. The first-order valence-electron chi connectivity index (χ1n) is 6.55. The largest absolute Gasteiger partial charge is 0.367 e. The van der Waals surface area contributed by atoms with Crippen LogP contribution in [-0.2, 0) is 20.7 Å². The molecule has 1 aliphatic rings. The van der Waals surface area contributed by atoms with Crippen LogP contribution in [0.25, 0.3) is 0 Å². The number of nitrogens with zero attached hydrogens (tertiary/aromatic N) is 2. The first-order valence-corrected chi connectivity index (χ1v) is 6.55. The van der Waals surface area contributed by atoms with E-state index in [0.29, 0.717) is 13.2 Å². The minimum Gasteiger partial charge on any atom is -0.367 e. The smallest absolute Gasteiger partial charge is 0.251 e. The molecule has 1 atom stereocenters. The monoisotopic (exact) mass is 280 g/mol. The van der Waals surface area contributed by atoms with Gasteiger partial charge < -0.3 is 15.4 Å². The molecular formula is C13H20N4O3. The molecule has 2 amide bonds. The predicted octanol–water partition coefficient (Wildman–Crippen LogP) is -0.328. The van der Waals surface area contributed by atoms with E-state index in [0.717, 1.165) is 17.0 Å². The molecule has 7 nitrogen and oxygen atoms in total. The van der Waals surface area contributed by atoms with E-state index < -0.39 is 11.5 Å². The lowest BCUT2D eigenvalue weighted by Gasteiger charge is -2.38. The minimum absolute atomic E-state index is 0.0478. The summed E-state index contributed by atoms with van der Waals surface area (Å²) in [6.45, 7) is 6.33. The first kappa shape index (κ1) is 14.5. The fraction of sp³-hybridized carbons (Fsp3) is 0.615. The molecule has 20 heavy (non-hydrogen) atoms. The molecule has 3 N–H and O–H groups in total. The number of aryl methyl sites for hydroxylation is 2. The van der Waals surface area contributed by atoms with Gasteiger partial charge in [-0.25, -0.2) is 0 Å². The first-order chi connectivity index (χ1) is 9.33. The second kappa shape index (κ2) is 5.24. The van der Waals surface area contributed by atoms with E-state index >= 15 is 0 Å². The average Bonchev–Trinajstić information content (AvgIpc) is 2.70. The van der Waals surface area contributed by atoms with E-state index in [1.54, 1.807) is 11.8 Å². The second-order valence-corrected chi connectivity index (χ2v) is 5.35. The molecule has 1 unspecified atom stereocenters. The molecule has 1 fully saturated rings. The highest BCUT2D eigenvalue weighted by atomic mass is 16.5. The van der Waals surface area contributed by atoms with Gasteiger partial charge in [0.25, 0.3) is 5.91 Å². The van der Waals surface area contributed by atoms with Gasteiger partial charge in [-0.15, -0.1) is 0 Å². The molecule has 0 saturated carbocycles. The zero-order valence-electron chi connectivity index (χ0n) is 12.0. The van der Waals surface area contributed by atoms with Crippen molar-refractivity contribution in [3.05, 3.63) is 17.0 Å². The Bertz CT molecular complexity index is 520. The maximum absolute atomic E-state index is 12.4. The highest BCUT2D eigenvalue weighted by molar-refractivity contribution is 5.85. The molecule has 1 saturated heterocycles. The summed E-state index contributed by atoms with van der Waals surface area (Å²) in [5.41, 5.74) is 6.84. The van der Waals surface area contributed by atoms with Crippen molar-refractivity contribution in [2.75, 3.05) is 19.7 Å². The molecular weight excluding hydrogens is 260 g/mol. The third kappa shape index (κ3) is 2.67. The number of carbonyl (C=O) groups excluding carboxylic acids is 2. The number of nitrogens with one attached hydrogen (secondary N) is 1. The number of rotatable bonds is 3. The normalized spacial score (nSPS) is 22.9. The molecule has 0 aliphatic carbocycles. The van der Waals surface area contributed by atoms with Gasteiger partial charge in [0, 0.05) is 17.8 Å². The fourth-order valence-corrected chi connectivity index (χ4v) is 2.33. The summed E-state index contributed by atoms with van der Waals surface area (Å²) in [4.78, 5) is 25.4. The molecule has 110 valence electrons. The van der Waals surface area contributed by atoms with Crippen molar-refractivity contribution < 1.29 is 14.3 Å². The predicted molar refractivity (Wildman–Crippen MR) is 71.9 cm³/mol. The summed E-state index contributed by atoms with van der Waals surface area (Å²) in [5.74, 6) is -0.598. The van der Waals surface area contributed by atoms with Crippen molar-refractivity contribution in [1.82, 2.24) is 15.1 Å². The molecule has 0 bridgehead atoms. The van der Waals surface area contributed by atoms with Crippen LogP contribution in [0.1, 0.15) is 23.9 Å².